The Morgan fingerprint density at radius 3 is 2.27 bits per heavy atom. The summed E-state index contributed by atoms with van der Waals surface area (Å²) in [6, 6.07) is 19.6. The molecule has 30 heavy (non-hydrogen) atoms. The lowest BCUT2D eigenvalue weighted by Gasteiger charge is -2.28. The maximum absolute atomic E-state index is 12.2. The fraction of sp³-hybridized carbons (Fsp3) is 0.462. The van der Waals surface area contributed by atoms with E-state index < -0.39 is 9.84 Å². The van der Waals surface area contributed by atoms with Crippen LogP contribution >= 0.6 is 0 Å². The van der Waals surface area contributed by atoms with Gasteiger partial charge in [-0.25, -0.2) is 8.42 Å². The normalized spacial score (nSPS) is 20.1. The van der Waals surface area contributed by atoms with Gasteiger partial charge in [0.1, 0.15) is 0 Å². The number of aromatic nitrogens is 1. The number of hydrogen-bond acceptors (Lipinski definition) is 2. The third-order valence-electron chi connectivity index (χ3n) is 6.81. The van der Waals surface area contributed by atoms with Gasteiger partial charge in [-0.2, -0.15) is 0 Å². The SMILES string of the molecule is CC(C)S(=O)(=O)CC1CCC(CCc2ccc(-n3ccc4ccccc43)cc2)CC1. The van der Waals surface area contributed by atoms with Crippen LogP contribution < -0.4 is 0 Å². The van der Waals surface area contributed by atoms with Crippen molar-refractivity contribution in [3.8, 4) is 5.69 Å². The summed E-state index contributed by atoms with van der Waals surface area (Å²) in [6.45, 7) is 3.59. The van der Waals surface area contributed by atoms with Crippen molar-refractivity contribution in [3.05, 3.63) is 66.4 Å². The molecule has 1 aliphatic rings. The van der Waals surface area contributed by atoms with Gasteiger partial charge >= 0.3 is 0 Å². The van der Waals surface area contributed by atoms with Gasteiger partial charge in [0.25, 0.3) is 0 Å². The number of fused-ring (bicyclic) bond motifs is 1. The molecule has 0 unspecified atom stereocenters. The van der Waals surface area contributed by atoms with Crippen molar-refractivity contribution < 1.29 is 8.42 Å². The highest BCUT2D eigenvalue weighted by Crippen LogP contribution is 2.33. The molecular weight excluding hydrogens is 390 g/mol. The molecule has 4 heteroatoms. The minimum atomic E-state index is -2.91. The molecule has 0 spiro atoms. The lowest BCUT2D eigenvalue weighted by molar-refractivity contribution is 0.278. The Labute approximate surface area is 181 Å². The van der Waals surface area contributed by atoms with Crippen molar-refractivity contribution in [2.75, 3.05) is 5.75 Å². The molecule has 1 aromatic heterocycles. The average molecular weight is 424 g/mol. The number of para-hydroxylation sites is 1. The maximum Gasteiger partial charge on any atom is 0.152 e. The summed E-state index contributed by atoms with van der Waals surface area (Å²) in [6.07, 6.45) is 8.92. The molecule has 0 radical (unpaired) electrons. The number of hydrogen-bond donors (Lipinski definition) is 0. The highest BCUT2D eigenvalue weighted by molar-refractivity contribution is 7.91. The number of rotatable bonds is 7. The Morgan fingerprint density at radius 1 is 0.900 bits per heavy atom. The van der Waals surface area contributed by atoms with Crippen molar-refractivity contribution in [3.63, 3.8) is 0 Å². The average Bonchev–Trinajstić information content (AvgIpc) is 3.17. The van der Waals surface area contributed by atoms with Gasteiger partial charge in [0.05, 0.1) is 16.5 Å². The van der Waals surface area contributed by atoms with E-state index in [0.717, 1.165) is 25.2 Å². The van der Waals surface area contributed by atoms with E-state index in [9.17, 15) is 8.42 Å². The van der Waals surface area contributed by atoms with Crippen molar-refractivity contribution >= 4 is 20.7 Å². The Hall–Kier alpha value is -2.07. The first-order chi connectivity index (χ1) is 14.4. The molecule has 0 atom stereocenters. The van der Waals surface area contributed by atoms with Gasteiger partial charge in [-0.15, -0.1) is 0 Å². The predicted molar refractivity (Wildman–Crippen MR) is 126 cm³/mol. The number of aryl methyl sites for hydroxylation is 1. The zero-order valence-electron chi connectivity index (χ0n) is 18.1. The topological polar surface area (TPSA) is 39.1 Å². The zero-order chi connectivity index (χ0) is 21.1. The van der Waals surface area contributed by atoms with Gasteiger partial charge in [-0.05, 0) is 86.6 Å². The van der Waals surface area contributed by atoms with Crippen LogP contribution in [-0.4, -0.2) is 24.0 Å². The van der Waals surface area contributed by atoms with Crippen LogP contribution in [0.25, 0.3) is 16.6 Å². The van der Waals surface area contributed by atoms with Crippen LogP contribution in [0.15, 0.2) is 60.8 Å². The molecule has 160 valence electrons. The van der Waals surface area contributed by atoms with E-state index in [1.165, 1.54) is 41.4 Å². The van der Waals surface area contributed by atoms with Gasteiger partial charge in [0, 0.05) is 11.9 Å². The lowest BCUT2D eigenvalue weighted by atomic mass is 9.80. The first kappa shape index (κ1) is 21.2. The van der Waals surface area contributed by atoms with E-state index in [-0.39, 0.29) is 5.25 Å². The summed E-state index contributed by atoms with van der Waals surface area (Å²) < 4.78 is 26.6. The molecule has 0 amide bonds. The van der Waals surface area contributed by atoms with Crippen LogP contribution in [0.4, 0.5) is 0 Å². The van der Waals surface area contributed by atoms with Gasteiger partial charge in [-0.1, -0.05) is 43.2 Å². The van der Waals surface area contributed by atoms with E-state index in [2.05, 4.69) is 65.4 Å². The Kier molecular flexibility index (Phi) is 6.33. The summed E-state index contributed by atoms with van der Waals surface area (Å²) in [5, 5.41) is 1.01. The first-order valence-corrected chi connectivity index (χ1v) is 13.0. The summed E-state index contributed by atoms with van der Waals surface area (Å²) >= 11 is 0. The Bertz CT molecular complexity index is 1070. The Morgan fingerprint density at radius 2 is 1.57 bits per heavy atom. The molecule has 1 saturated carbocycles. The largest absolute Gasteiger partial charge is 0.317 e. The molecule has 1 heterocycles. The molecule has 1 fully saturated rings. The minimum Gasteiger partial charge on any atom is -0.317 e. The predicted octanol–water partition coefficient (Wildman–Crippen LogP) is 6.19. The van der Waals surface area contributed by atoms with Crippen LogP contribution in [0.2, 0.25) is 0 Å². The van der Waals surface area contributed by atoms with E-state index in [1.54, 1.807) is 13.8 Å². The van der Waals surface area contributed by atoms with E-state index in [0.29, 0.717) is 11.7 Å². The first-order valence-electron chi connectivity index (χ1n) is 11.3. The highest BCUT2D eigenvalue weighted by Gasteiger charge is 2.27. The molecular formula is C26H33NO2S. The van der Waals surface area contributed by atoms with Gasteiger partial charge in [0.2, 0.25) is 0 Å². The van der Waals surface area contributed by atoms with Gasteiger partial charge < -0.3 is 4.57 Å². The summed E-state index contributed by atoms with van der Waals surface area (Å²) in [5.41, 5.74) is 3.83. The molecule has 0 aliphatic heterocycles. The second kappa shape index (κ2) is 8.97. The molecule has 3 nitrogen and oxygen atoms in total. The third kappa shape index (κ3) is 4.80. The highest BCUT2D eigenvalue weighted by atomic mass is 32.2. The van der Waals surface area contributed by atoms with Crippen molar-refractivity contribution in [2.24, 2.45) is 11.8 Å². The maximum atomic E-state index is 12.2. The van der Waals surface area contributed by atoms with E-state index >= 15 is 0 Å². The number of benzene rings is 2. The van der Waals surface area contributed by atoms with Crippen molar-refractivity contribution in [2.45, 2.75) is 57.6 Å². The molecule has 1 aliphatic carbocycles. The smallest absolute Gasteiger partial charge is 0.152 e. The summed E-state index contributed by atoms with van der Waals surface area (Å²) in [4.78, 5) is 0. The van der Waals surface area contributed by atoms with Gasteiger partial charge in [-0.3, -0.25) is 0 Å². The van der Waals surface area contributed by atoms with Crippen LogP contribution in [0.1, 0.15) is 51.5 Å². The van der Waals surface area contributed by atoms with Crippen molar-refractivity contribution in [1.29, 1.82) is 0 Å². The molecule has 2 aromatic carbocycles. The molecule has 0 saturated heterocycles. The second-order valence-corrected chi connectivity index (χ2v) is 11.8. The second-order valence-electron chi connectivity index (χ2n) is 9.21. The molecule has 3 aromatic rings. The van der Waals surface area contributed by atoms with Crippen LogP contribution in [-0.2, 0) is 16.3 Å². The molecule has 4 rings (SSSR count). The Balaban J connectivity index is 1.29. The van der Waals surface area contributed by atoms with E-state index in [4.69, 9.17) is 0 Å². The minimum absolute atomic E-state index is 0.247. The zero-order valence-corrected chi connectivity index (χ0v) is 18.9. The number of nitrogens with zero attached hydrogens (tertiary/aromatic N) is 1. The monoisotopic (exact) mass is 423 g/mol. The summed E-state index contributed by atoms with van der Waals surface area (Å²) in [5.74, 6) is 1.48. The standard InChI is InChI=1S/C26H33NO2S/c1-20(2)30(28,29)19-23-11-9-21(10-12-23)7-8-22-13-15-25(16-14-22)27-18-17-24-5-3-4-6-26(24)27/h3-6,13-18,20-21,23H,7-12,19H2,1-2H3. The lowest BCUT2D eigenvalue weighted by Crippen LogP contribution is -2.26. The molecule has 0 bridgehead atoms. The summed E-state index contributed by atoms with van der Waals surface area (Å²) in [7, 11) is -2.91. The van der Waals surface area contributed by atoms with Crippen LogP contribution in [0.3, 0.4) is 0 Å². The number of sulfone groups is 1. The van der Waals surface area contributed by atoms with E-state index in [1.807, 2.05) is 0 Å². The van der Waals surface area contributed by atoms with Crippen LogP contribution in [0, 0.1) is 11.8 Å². The third-order valence-corrected chi connectivity index (χ3v) is 9.18. The quantitative estimate of drug-likeness (QED) is 0.454. The fourth-order valence-corrected chi connectivity index (χ4v) is 6.09. The molecule has 0 N–H and O–H groups in total. The van der Waals surface area contributed by atoms with Gasteiger partial charge in [0.15, 0.2) is 9.84 Å². The fourth-order valence-electron chi connectivity index (χ4n) is 4.71. The van der Waals surface area contributed by atoms with Crippen LogP contribution in [0.5, 0.6) is 0 Å². The van der Waals surface area contributed by atoms with Crippen molar-refractivity contribution in [1.82, 2.24) is 4.57 Å².